The molecule has 0 saturated carbocycles. The van der Waals surface area contributed by atoms with Crippen LogP contribution in [-0.4, -0.2) is 11.6 Å². The molecule has 0 aromatic heterocycles. The van der Waals surface area contributed by atoms with Crippen molar-refractivity contribution >= 4 is 11.6 Å². The minimum absolute atomic E-state index is 0.0690. The maximum Gasteiger partial charge on any atom is 0.194 e. The van der Waals surface area contributed by atoms with E-state index in [-0.39, 0.29) is 17.0 Å². The van der Waals surface area contributed by atoms with Gasteiger partial charge in [0.05, 0.1) is 6.07 Å². The van der Waals surface area contributed by atoms with Crippen LogP contribution in [-0.2, 0) is 5.41 Å². The number of nitriles is 1. The minimum atomic E-state index is -0.0955. The lowest BCUT2D eigenvalue weighted by Gasteiger charge is -2.28. The average molecular weight is 359 g/mol. The van der Waals surface area contributed by atoms with Crippen LogP contribution in [0.15, 0.2) is 42.5 Å². The molecule has 0 saturated heterocycles. The molecule has 0 spiro atoms. The summed E-state index contributed by atoms with van der Waals surface area (Å²) in [6.45, 7) is 6.45. The molecule has 1 atom stereocenters. The van der Waals surface area contributed by atoms with E-state index in [1.54, 1.807) is 30.3 Å². The van der Waals surface area contributed by atoms with Crippen molar-refractivity contribution in [2.75, 3.05) is 0 Å². The second-order valence-corrected chi connectivity index (χ2v) is 8.21. The quantitative estimate of drug-likeness (QED) is 0.587. The van der Waals surface area contributed by atoms with E-state index in [0.717, 1.165) is 24.8 Å². The molecular formula is C24H25NO2. The monoisotopic (exact) mass is 359 g/mol. The Kier molecular flexibility index (Phi) is 5.28. The number of rotatable bonds is 6. The zero-order valence-corrected chi connectivity index (χ0v) is 16.2. The highest BCUT2D eigenvalue weighted by atomic mass is 16.1. The Morgan fingerprint density at radius 2 is 1.56 bits per heavy atom. The molecule has 138 valence electrons. The van der Waals surface area contributed by atoms with Crippen molar-refractivity contribution in [1.82, 2.24) is 0 Å². The maximum absolute atomic E-state index is 12.9. The van der Waals surface area contributed by atoms with Gasteiger partial charge in [0.2, 0.25) is 0 Å². The van der Waals surface area contributed by atoms with Crippen LogP contribution >= 0.6 is 0 Å². The Bertz CT molecular complexity index is 934. The van der Waals surface area contributed by atoms with Gasteiger partial charge in [-0.2, -0.15) is 5.26 Å². The number of carbonyl (C=O) groups is 2. The van der Waals surface area contributed by atoms with E-state index in [0.29, 0.717) is 34.6 Å². The second-order valence-electron chi connectivity index (χ2n) is 8.21. The molecule has 2 aromatic rings. The standard InChI is InChI=1S/C24H25NO2/c1-16(12-14-25)7-6-13-24(2,3)17-10-11-20-21(15-17)23(27)19-9-5-4-8-18(19)22(20)26/h4-5,8-11,15-16H,6-7,12-13H2,1-3H3. The first-order chi connectivity index (χ1) is 12.8. The number of hydrogen-bond donors (Lipinski definition) is 0. The molecule has 0 fully saturated rings. The SMILES string of the molecule is CC(CC#N)CCCC(C)(C)c1ccc2c(c1)C(=O)c1ccccc1C2=O. The number of carbonyl (C=O) groups excluding carboxylic acids is 2. The molecule has 0 heterocycles. The van der Waals surface area contributed by atoms with Crippen LogP contribution in [0.3, 0.4) is 0 Å². The fourth-order valence-corrected chi connectivity index (χ4v) is 3.82. The summed E-state index contributed by atoms with van der Waals surface area (Å²) in [6, 6.07) is 15.0. The molecule has 3 nitrogen and oxygen atoms in total. The fourth-order valence-electron chi connectivity index (χ4n) is 3.82. The first kappa shape index (κ1) is 19.0. The molecule has 1 aliphatic carbocycles. The highest BCUT2D eigenvalue weighted by Crippen LogP contribution is 2.34. The third-order valence-corrected chi connectivity index (χ3v) is 5.65. The largest absolute Gasteiger partial charge is 0.289 e. The van der Waals surface area contributed by atoms with E-state index in [1.165, 1.54) is 0 Å². The average Bonchev–Trinajstić information content (AvgIpc) is 2.66. The lowest BCUT2D eigenvalue weighted by molar-refractivity contribution is 0.0979. The molecule has 1 aliphatic rings. The summed E-state index contributed by atoms with van der Waals surface area (Å²) in [5.41, 5.74) is 2.99. The van der Waals surface area contributed by atoms with Gasteiger partial charge >= 0.3 is 0 Å². The van der Waals surface area contributed by atoms with Crippen LogP contribution in [0.4, 0.5) is 0 Å². The summed E-state index contributed by atoms with van der Waals surface area (Å²) in [5.74, 6) is 0.264. The lowest BCUT2D eigenvalue weighted by atomic mass is 9.76. The first-order valence-corrected chi connectivity index (χ1v) is 9.55. The number of hydrogen-bond acceptors (Lipinski definition) is 3. The predicted octanol–water partition coefficient (Wildman–Crippen LogP) is 5.46. The third kappa shape index (κ3) is 3.71. The summed E-state index contributed by atoms with van der Waals surface area (Å²) in [7, 11) is 0. The van der Waals surface area contributed by atoms with Crippen LogP contribution in [0.2, 0.25) is 0 Å². The number of fused-ring (bicyclic) bond motifs is 2. The van der Waals surface area contributed by atoms with E-state index >= 15 is 0 Å². The van der Waals surface area contributed by atoms with Gasteiger partial charge in [0, 0.05) is 28.7 Å². The smallest absolute Gasteiger partial charge is 0.194 e. The zero-order valence-electron chi connectivity index (χ0n) is 16.2. The Labute approximate surface area is 161 Å². The maximum atomic E-state index is 12.9. The van der Waals surface area contributed by atoms with Crippen LogP contribution in [0.1, 0.15) is 83.9 Å². The van der Waals surface area contributed by atoms with Crippen molar-refractivity contribution in [3.63, 3.8) is 0 Å². The van der Waals surface area contributed by atoms with Gasteiger partial charge in [-0.25, -0.2) is 0 Å². The van der Waals surface area contributed by atoms with Crippen molar-refractivity contribution in [1.29, 1.82) is 5.26 Å². The van der Waals surface area contributed by atoms with E-state index in [9.17, 15) is 9.59 Å². The topological polar surface area (TPSA) is 57.9 Å². The molecule has 1 unspecified atom stereocenters. The van der Waals surface area contributed by atoms with E-state index in [4.69, 9.17) is 5.26 Å². The molecule has 0 aliphatic heterocycles. The molecule has 0 N–H and O–H groups in total. The van der Waals surface area contributed by atoms with Crippen molar-refractivity contribution in [3.05, 3.63) is 70.3 Å². The van der Waals surface area contributed by atoms with Gasteiger partial charge in [-0.3, -0.25) is 9.59 Å². The highest BCUT2D eigenvalue weighted by Gasteiger charge is 2.31. The van der Waals surface area contributed by atoms with Gasteiger partial charge in [0.25, 0.3) is 0 Å². The normalized spacial score (nSPS) is 14.3. The molecule has 2 aromatic carbocycles. The minimum Gasteiger partial charge on any atom is -0.289 e. The highest BCUT2D eigenvalue weighted by molar-refractivity contribution is 6.28. The van der Waals surface area contributed by atoms with Crippen molar-refractivity contribution in [2.45, 2.75) is 51.9 Å². The summed E-state index contributed by atoms with van der Waals surface area (Å²) in [6.07, 6.45) is 3.62. The van der Waals surface area contributed by atoms with E-state index in [2.05, 4.69) is 26.8 Å². The summed E-state index contributed by atoms with van der Waals surface area (Å²) in [5, 5.41) is 8.79. The molecule has 3 rings (SSSR count). The van der Waals surface area contributed by atoms with Crippen LogP contribution < -0.4 is 0 Å². The van der Waals surface area contributed by atoms with Crippen LogP contribution in [0, 0.1) is 17.2 Å². The van der Waals surface area contributed by atoms with Gasteiger partial charge < -0.3 is 0 Å². The Hall–Kier alpha value is -2.73. The summed E-state index contributed by atoms with van der Waals surface area (Å²) in [4.78, 5) is 25.7. The molecule has 0 amide bonds. The molecular weight excluding hydrogens is 334 g/mol. The third-order valence-electron chi connectivity index (χ3n) is 5.65. The van der Waals surface area contributed by atoms with Crippen LogP contribution in [0.5, 0.6) is 0 Å². The van der Waals surface area contributed by atoms with E-state index < -0.39 is 0 Å². The van der Waals surface area contributed by atoms with E-state index in [1.807, 2.05) is 12.1 Å². The Morgan fingerprint density at radius 1 is 0.963 bits per heavy atom. The van der Waals surface area contributed by atoms with Gasteiger partial charge in [-0.15, -0.1) is 0 Å². The molecule has 27 heavy (non-hydrogen) atoms. The summed E-state index contributed by atoms with van der Waals surface area (Å²) < 4.78 is 0. The van der Waals surface area contributed by atoms with Crippen molar-refractivity contribution in [3.8, 4) is 6.07 Å². The summed E-state index contributed by atoms with van der Waals surface area (Å²) >= 11 is 0. The van der Waals surface area contributed by atoms with Gasteiger partial charge in [-0.1, -0.05) is 57.5 Å². The van der Waals surface area contributed by atoms with Gasteiger partial charge in [0.1, 0.15) is 0 Å². The van der Waals surface area contributed by atoms with Crippen molar-refractivity contribution in [2.24, 2.45) is 5.92 Å². The van der Waals surface area contributed by atoms with Crippen molar-refractivity contribution < 1.29 is 9.59 Å². The van der Waals surface area contributed by atoms with Gasteiger partial charge in [-0.05, 0) is 41.9 Å². The fraction of sp³-hybridized carbons (Fsp3) is 0.375. The molecule has 3 heteroatoms. The Balaban J connectivity index is 1.84. The Morgan fingerprint density at radius 3 is 2.19 bits per heavy atom. The first-order valence-electron chi connectivity index (χ1n) is 9.55. The molecule has 0 radical (unpaired) electrons. The number of nitrogens with zero attached hydrogens (tertiary/aromatic N) is 1. The number of ketones is 2. The predicted molar refractivity (Wildman–Crippen MR) is 106 cm³/mol. The zero-order chi connectivity index (χ0) is 19.6. The number of benzene rings is 2. The van der Waals surface area contributed by atoms with Gasteiger partial charge in [0.15, 0.2) is 11.6 Å². The molecule has 0 bridgehead atoms. The van der Waals surface area contributed by atoms with Crippen LogP contribution in [0.25, 0.3) is 0 Å². The lowest BCUT2D eigenvalue weighted by Crippen LogP contribution is -2.23. The second kappa shape index (κ2) is 7.48.